The number of rotatable bonds is 4. The molecule has 2 heteroatoms. The lowest BCUT2D eigenvalue weighted by Gasteiger charge is -2.21. The number of benzene rings is 1. The van der Waals surface area contributed by atoms with E-state index in [0.29, 0.717) is 12.0 Å². The third kappa shape index (κ3) is 2.39. The van der Waals surface area contributed by atoms with Gasteiger partial charge in [-0.25, -0.2) is 0 Å². The van der Waals surface area contributed by atoms with Gasteiger partial charge in [-0.3, -0.25) is 0 Å². The average molecular weight is 245 g/mol. The molecule has 2 unspecified atom stereocenters. The molecular formula is C16H23NO. The molecule has 1 saturated carbocycles. The molecule has 1 N–H and O–H groups in total. The summed E-state index contributed by atoms with van der Waals surface area (Å²) in [5.41, 5.74) is 3.04. The number of fused-ring (bicyclic) bond motifs is 1. The van der Waals surface area contributed by atoms with Crippen molar-refractivity contribution in [1.29, 1.82) is 0 Å². The van der Waals surface area contributed by atoms with Crippen LogP contribution in [-0.2, 0) is 12.8 Å². The van der Waals surface area contributed by atoms with Crippen molar-refractivity contribution in [2.24, 2.45) is 5.92 Å². The van der Waals surface area contributed by atoms with Gasteiger partial charge in [0.25, 0.3) is 0 Å². The Kier molecular flexibility index (Phi) is 3.55. The first-order valence-electron chi connectivity index (χ1n) is 7.30. The summed E-state index contributed by atoms with van der Waals surface area (Å²) in [6, 6.07) is 6.70. The molecule has 2 atom stereocenters. The van der Waals surface area contributed by atoms with Gasteiger partial charge >= 0.3 is 0 Å². The van der Waals surface area contributed by atoms with E-state index in [1.807, 2.05) is 7.05 Å². The number of hydrogen-bond donors (Lipinski definition) is 1. The molecular weight excluding hydrogens is 222 g/mol. The fraction of sp³-hybridized carbons (Fsp3) is 0.625. The Labute approximate surface area is 110 Å². The van der Waals surface area contributed by atoms with Crippen LogP contribution in [0.1, 0.15) is 36.8 Å². The van der Waals surface area contributed by atoms with Crippen molar-refractivity contribution in [3.8, 4) is 5.75 Å². The zero-order valence-corrected chi connectivity index (χ0v) is 11.2. The molecule has 0 aliphatic heterocycles. The first-order valence-corrected chi connectivity index (χ1v) is 7.30. The van der Waals surface area contributed by atoms with E-state index in [0.717, 1.165) is 12.3 Å². The SMILES string of the molecule is CNCC1CCCC1Oc1ccc2c(c1)CCC2. The maximum atomic E-state index is 6.23. The summed E-state index contributed by atoms with van der Waals surface area (Å²) < 4.78 is 6.23. The highest BCUT2D eigenvalue weighted by Crippen LogP contribution is 2.31. The van der Waals surface area contributed by atoms with Crippen molar-refractivity contribution < 1.29 is 4.74 Å². The van der Waals surface area contributed by atoms with Crippen LogP contribution in [0.4, 0.5) is 0 Å². The summed E-state index contributed by atoms with van der Waals surface area (Å²) in [4.78, 5) is 0. The van der Waals surface area contributed by atoms with E-state index < -0.39 is 0 Å². The summed E-state index contributed by atoms with van der Waals surface area (Å²) >= 11 is 0. The molecule has 0 radical (unpaired) electrons. The minimum Gasteiger partial charge on any atom is -0.490 e. The van der Waals surface area contributed by atoms with Crippen LogP contribution < -0.4 is 10.1 Å². The third-order valence-electron chi connectivity index (χ3n) is 4.41. The number of ether oxygens (including phenoxy) is 1. The van der Waals surface area contributed by atoms with E-state index in [1.165, 1.54) is 49.7 Å². The number of nitrogens with one attached hydrogen (secondary N) is 1. The van der Waals surface area contributed by atoms with Crippen LogP contribution in [0.5, 0.6) is 5.75 Å². The predicted octanol–water partition coefficient (Wildman–Crippen LogP) is 2.94. The molecule has 1 aromatic carbocycles. The summed E-state index contributed by atoms with van der Waals surface area (Å²) in [6.07, 6.45) is 8.03. The normalized spacial score (nSPS) is 26.3. The van der Waals surface area contributed by atoms with Crippen LogP contribution in [0.15, 0.2) is 18.2 Å². The summed E-state index contributed by atoms with van der Waals surface area (Å²) in [6.45, 7) is 1.08. The molecule has 0 saturated heterocycles. The topological polar surface area (TPSA) is 21.3 Å². The van der Waals surface area contributed by atoms with E-state index in [-0.39, 0.29) is 0 Å². The number of hydrogen-bond acceptors (Lipinski definition) is 2. The zero-order chi connectivity index (χ0) is 12.4. The van der Waals surface area contributed by atoms with Crippen LogP contribution in [0, 0.1) is 5.92 Å². The highest BCUT2D eigenvalue weighted by molar-refractivity contribution is 5.38. The van der Waals surface area contributed by atoms with Crippen molar-refractivity contribution in [2.75, 3.05) is 13.6 Å². The Bertz CT molecular complexity index is 416. The highest BCUT2D eigenvalue weighted by atomic mass is 16.5. The summed E-state index contributed by atoms with van der Waals surface area (Å²) in [5, 5.41) is 3.29. The summed E-state index contributed by atoms with van der Waals surface area (Å²) in [5.74, 6) is 1.77. The smallest absolute Gasteiger partial charge is 0.120 e. The van der Waals surface area contributed by atoms with Crippen molar-refractivity contribution in [2.45, 2.75) is 44.6 Å². The lowest BCUT2D eigenvalue weighted by molar-refractivity contribution is 0.158. The van der Waals surface area contributed by atoms with Gasteiger partial charge in [-0.05, 0) is 68.8 Å². The van der Waals surface area contributed by atoms with E-state index in [1.54, 1.807) is 0 Å². The molecule has 0 heterocycles. The molecule has 2 aliphatic carbocycles. The van der Waals surface area contributed by atoms with Crippen LogP contribution in [0.3, 0.4) is 0 Å². The lowest BCUT2D eigenvalue weighted by atomic mass is 10.1. The molecule has 3 rings (SSSR count). The van der Waals surface area contributed by atoms with Crippen LogP contribution >= 0.6 is 0 Å². The van der Waals surface area contributed by atoms with Crippen molar-refractivity contribution in [3.05, 3.63) is 29.3 Å². The van der Waals surface area contributed by atoms with Gasteiger partial charge in [0.15, 0.2) is 0 Å². The van der Waals surface area contributed by atoms with Gasteiger partial charge in [0.1, 0.15) is 11.9 Å². The van der Waals surface area contributed by atoms with Gasteiger partial charge in [0.05, 0.1) is 0 Å². The van der Waals surface area contributed by atoms with E-state index in [4.69, 9.17) is 4.74 Å². The van der Waals surface area contributed by atoms with Crippen LogP contribution in [0.25, 0.3) is 0 Å². The molecule has 98 valence electrons. The van der Waals surface area contributed by atoms with Crippen molar-refractivity contribution in [3.63, 3.8) is 0 Å². The van der Waals surface area contributed by atoms with Gasteiger partial charge in [-0.2, -0.15) is 0 Å². The van der Waals surface area contributed by atoms with E-state index >= 15 is 0 Å². The van der Waals surface area contributed by atoms with Crippen LogP contribution in [-0.4, -0.2) is 19.7 Å². The van der Waals surface area contributed by atoms with Gasteiger partial charge < -0.3 is 10.1 Å². The maximum Gasteiger partial charge on any atom is 0.120 e. The molecule has 0 aromatic heterocycles. The molecule has 0 bridgehead atoms. The van der Waals surface area contributed by atoms with E-state index in [9.17, 15) is 0 Å². The quantitative estimate of drug-likeness (QED) is 0.880. The molecule has 1 fully saturated rings. The first-order chi connectivity index (χ1) is 8.86. The van der Waals surface area contributed by atoms with Gasteiger partial charge in [-0.15, -0.1) is 0 Å². The van der Waals surface area contributed by atoms with Crippen molar-refractivity contribution in [1.82, 2.24) is 5.32 Å². The summed E-state index contributed by atoms with van der Waals surface area (Å²) in [7, 11) is 2.03. The van der Waals surface area contributed by atoms with Gasteiger partial charge in [0.2, 0.25) is 0 Å². The molecule has 1 aromatic rings. The Morgan fingerprint density at radius 3 is 2.94 bits per heavy atom. The average Bonchev–Trinajstić information content (AvgIpc) is 2.99. The largest absolute Gasteiger partial charge is 0.490 e. The molecule has 0 spiro atoms. The molecule has 18 heavy (non-hydrogen) atoms. The zero-order valence-electron chi connectivity index (χ0n) is 11.2. The lowest BCUT2D eigenvalue weighted by Crippen LogP contribution is -2.29. The Morgan fingerprint density at radius 2 is 2.06 bits per heavy atom. The fourth-order valence-corrected chi connectivity index (χ4v) is 3.45. The van der Waals surface area contributed by atoms with Crippen molar-refractivity contribution >= 4 is 0 Å². The minimum absolute atomic E-state index is 0.414. The third-order valence-corrected chi connectivity index (χ3v) is 4.41. The standard InChI is InChI=1S/C16H23NO/c1-17-11-14-6-3-7-16(14)18-15-9-8-12-4-2-5-13(12)10-15/h8-10,14,16-17H,2-7,11H2,1H3. The Morgan fingerprint density at radius 1 is 1.17 bits per heavy atom. The molecule has 2 nitrogen and oxygen atoms in total. The molecule has 0 amide bonds. The monoisotopic (exact) mass is 245 g/mol. The Balaban J connectivity index is 1.68. The van der Waals surface area contributed by atoms with Gasteiger partial charge in [-0.1, -0.05) is 6.07 Å². The fourth-order valence-electron chi connectivity index (χ4n) is 3.45. The number of aryl methyl sites for hydroxylation is 2. The minimum atomic E-state index is 0.414. The first kappa shape index (κ1) is 12.0. The van der Waals surface area contributed by atoms with Crippen LogP contribution in [0.2, 0.25) is 0 Å². The maximum absolute atomic E-state index is 6.23. The highest BCUT2D eigenvalue weighted by Gasteiger charge is 2.28. The second kappa shape index (κ2) is 5.31. The molecule has 2 aliphatic rings. The van der Waals surface area contributed by atoms with E-state index in [2.05, 4.69) is 23.5 Å². The second-order valence-corrected chi connectivity index (χ2v) is 5.69. The predicted molar refractivity (Wildman–Crippen MR) is 74.2 cm³/mol. The van der Waals surface area contributed by atoms with Gasteiger partial charge in [0, 0.05) is 12.5 Å². The second-order valence-electron chi connectivity index (χ2n) is 5.69. The Hall–Kier alpha value is -1.02.